The summed E-state index contributed by atoms with van der Waals surface area (Å²) in [4.78, 5) is 19.3. The molecule has 0 aliphatic carbocycles. The van der Waals surface area contributed by atoms with Gasteiger partial charge in [-0.15, -0.1) is 0 Å². The number of nitrogens with two attached hydrogens (primary N) is 2. The number of rotatable bonds is 4. The molecule has 0 atom stereocenters. The Balaban J connectivity index is 2.28. The lowest BCUT2D eigenvalue weighted by atomic mass is 9.96. The van der Waals surface area contributed by atoms with Crippen molar-refractivity contribution in [1.82, 2.24) is 9.97 Å². The average molecular weight is 421 g/mol. The fraction of sp³-hybridized carbons (Fsp3) is 0.125. The van der Waals surface area contributed by atoms with Crippen molar-refractivity contribution in [2.75, 3.05) is 11.2 Å². The number of nitrogens with one attached hydrogen (secondary N) is 2. The van der Waals surface area contributed by atoms with E-state index in [-0.39, 0.29) is 5.78 Å². The van der Waals surface area contributed by atoms with Gasteiger partial charge >= 0.3 is 0 Å². The molecule has 0 amide bonds. The number of hydrazine groups is 1. The van der Waals surface area contributed by atoms with Gasteiger partial charge in [-0.1, -0.05) is 22.6 Å². The molecule has 0 radical (unpaired) electrons. The van der Waals surface area contributed by atoms with Crippen LogP contribution in [0.25, 0.3) is 22.0 Å². The van der Waals surface area contributed by atoms with Gasteiger partial charge in [0, 0.05) is 27.1 Å². The quantitative estimate of drug-likeness (QED) is 0.170. The largest absolute Gasteiger partial charge is 0.384 e. The minimum Gasteiger partial charge on any atom is -0.384 e. The molecular weight excluding hydrogens is 405 g/mol. The number of halogens is 1. The number of benzene rings is 1. The van der Waals surface area contributed by atoms with Crippen LogP contribution >= 0.6 is 22.6 Å². The van der Waals surface area contributed by atoms with Crippen LogP contribution in [0.3, 0.4) is 0 Å². The first-order chi connectivity index (χ1) is 11.0. The number of carbonyl (C=O) groups is 1. The monoisotopic (exact) mass is 421 g/mol. The summed E-state index contributed by atoms with van der Waals surface area (Å²) in [5.41, 5.74) is 13.5. The minimum atomic E-state index is -0.0353. The molecule has 0 saturated carbocycles. The summed E-state index contributed by atoms with van der Waals surface area (Å²) in [6, 6.07) is 5.72. The molecule has 3 rings (SSSR count). The Kier molecular flexibility index (Phi) is 4.22. The van der Waals surface area contributed by atoms with Gasteiger partial charge in [0.2, 0.25) is 0 Å². The van der Waals surface area contributed by atoms with Crippen molar-refractivity contribution in [3.63, 3.8) is 0 Å². The van der Waals surface area contributed by atoms with Crippen LogP contribution in [0.15, 0.2) is 30.6 Å². The Bertz CT molecular complexity index is 903. The number of aromatic amines is 1. The summed E-state index contributed by atoms with van der Waals surface area (Å²) < 4.78 is 0.734. The molecule has 7 heteroatoms. The molecule has 3 aromatic rings. The minimum absolute atomic E-state index is 0.0353. The van der Waals surface area contributed by atoms with Gasteiger partial charge < -0.3 is 16.1 Å². The zero-order chi connectivity index (χ0) is 16.6. The number of aromatic nitrogens is 2. The third-order valence-corrected chi connectivity index (χ3v) is 4.61. The van der Waals surface area contributed by atoms with E-state index in [9.17, 15) is 4.79 Å². The molecular formula is C16H16IN5O. The maximum atomic E-state index is 12.0. The Morgan fingerprint density at radius 1 is 1.39 bits per heavy atom. The van der Waals surface area contributed by atoms with E-state index in [1.165, 1.54) is 6.92 Å². The second kappa shape index (κ2) is 6.17. The van der Waals surface area contributed by atoms with Crippen LogP contribution in [-0.2, 0) is 4.43 Å². The average Bonchev–Trinajstić information content (AvgIpc) is 2.96. The van der Waals surface area contributed by atoms with Crippen molar-refractivity contribution in [3.05, 3.63) is 41.7 Å². The number of nitrogens with zero attached hydrogens (tertiary/aromatic N) is 1. The molecule has 0 bridgehead atoms. The molecule has 0 saturated heterocycles. The van der Waals surface area contributed by atoms with Gasteiger partial charge in [-0.3, -0.25) is 10.6 Å². The Hall–Kier alpha value is -2.13. The van der Waals surface area contributed by atoms with E-state index in [1.54, 1.807) is 6.20 Å². The highest BCUT2D eigenvalue weighted by molar-refractivity contribution is 14.1. The van der Waals surface area contributed by atoms with Crippen LogP contribution in [0, 0.1) is 0 Å². The Morgan fingerprint density at radius 3 is 2.83 bits per heavy atom. The van der Waals surface area contributed by atoms with Crippen LogP contribution in [0.5, 0.6) is 0 Å². The van der Waals surface area contributed by atoms with E-state index in [2.05, 4.69) is 38.0 Å². The van der Waals surface area contributed by atoms with Crippen LogP contribution in [0.2, 0.25) is 0 Å². The van der Waals surface area contributed by atoms with Crippen LogP contribution in [0.1, 0.15) is 22.8 Å². The van der Waals surface area contributed by atoms with Gasteiger partial charge in [0.05, 0.1) is 17.4 Å². The molecule has 1 aromatic carbocycles. The summed E-state index contributed by atoms with van der Waals surface area (Å²) in [5, 5.41) is 0.972. The molecule has 2 aromatic heterocycles. The maximum Gasteiger partial charge on any atom is 0.161 e. The Labute approximate surface area is 146 Å². The van der Waals surface area contributed by atoms with Crippen molar-refractivity contribution >= 4 is 50.8 Å². The summed E-state index contributed by atoms with van der Waals surface area (Å²) in [7, 11) is 0. The highest BCUT2D eigenvalue weighted by atomic mass is 127. The zero-order valence-electron chi connectivity index (χ0n) is 12.5. The van der Waals surface area contributed by atoms with E-state index < -0.39 is 0 Å². The fourth-order valence-electron chi connectivity index (χ4n) is 2.69. The summed E-state index contributed by atoms with van der Waals surface area (Å²) >= 11 is 2.26. The standard InChI is InChI=1S/C16H16IN5O/c1-8(23)11-3-9(2-10(5-17)16(11)22-19)13-6-20-14-7-21-15(18)4-12(13)14/h2-4,6-7,20,22H,5,19H2,1H3,(H2,18,21). The van der Waals surface area contributed by atoms with Crippen molar-refractivity contribution in [2.24, 2.45) is 5.84 Å². The second-order valence-electron chi connectivity index (χ2n) is 5.25. The van der Waals surface area contributed by atoms with Gasteiger partial charge in [-0.2, -0.15) is 0 Å². The number of ketones is 1. The van der Waals surface area contributed by atoms with Crippen LogP contribution in [-0.4, -0.2) is 15.8 Å². The van der Waals surface area contributed by atoms with Gasteiger partial charge in [0.25, 0.3) is 0 Å². The molecule has 6 nitrogen and oxygen atoms in total. The molecule has 0 fully saturated rings. The van der Waals surface area contributed by atoms with Crippen LogP contribution in [0.4, 0.5) is 11.5 Å². The zero-order valence-corrected chi connectivity index (χ0v) is 14.6. The number of pyridine rings is 1. The second-order valence-corrected chi connectivity index (χ2v) is 6.01. The lowest BCUT2D eigenvalue weighted by Crippen LogP contribution is -2.13. The SMILES string of the molecule is CC(=O)c1cc(-c2c[nH]c3cnc(N)cc23)cc(CI)c1NN. The summed E-state index contributed by atoms with van der Waals surface area (Å²) in [6.07, 6.45) is 3.60. The predicted molar refractivity (Wildman–Crippen MR) is 101 cm³/mol. The first-order valence-electron chi connectivity index (χ1n) is 6.98. The maximum absolute atomic E-state index is 12.0. The van der Waals surface area contributed by atoms with E-state index in [1.807, 2.05) is 24.4 Å². The molecule has 0 unspecified atom stereocenters. The molecule has 23 heavy (non-hydrogen) atoms. The van der Waals surface area contributed by atoms with Crippen molar-refractivity contribution in [2.45, 2.75) is 11.4 Å². The summed E-state index contributed by atoms with van der Waals surface area (Å²) in [5.74, 6) is 6.03. The fourth-order valence-corrected chi connectivity index (χ4v) is 3.29. The first-order valence-corrected chi connectivity index (χ1v) is 8.51. The Morgan fingerprint density at radius 2 is 2.17 bits per heavy atom. The summed E-state index contributed by atoms with van der Waals surface area (Å²) in [6.45, 7) is 1.54. The van der Waals surface area contributed by atoms with Crippen molar-refractivity contribution in [3.8, 4) is 11.1 Å². The van der Waals surface area contributed by atoms with E-state index in [4.69, 9.17) is 11.6 Å². The van der Waals surface area contributed by atoms with Crippen molar-refractivity contribution < 1.29 is 4.79 Å². The van der Waals surface area contributed by atoms with Gasteiger partial charge in [-0.25, -0.2) is 4.98 Å². The number of carbonyl (C=O) groups excluding carboxylic acids is 1. The highest BCUT2D eigenvalue weighted by Crippen LogP contribution is 2.34. The smallest absolute Gasteiger partial charge is 0.161 e. The number of anilines is 2. The van der Waals surface area contributed by atoms with E-state index in [0.717, 1.165) is 32.0 Å². The lowest BCUT2D eigenvalue weighted by molar-refractivity contribution is 0.101. The number of nitrogen functional groups attached to an aromatic ring is 2. The molecule has 0 spiro atoms. The number of H-pyrrole nitrogens is 1. The normalized spacial score (nSPS) is 10.9. The highest BCUT2D eigenvalue weighted by Gasteiger charge is 2.16. The molecule has 0 aliphatic heterocycles. The third kappa shape index (κ3) is 2.77. The molecule has 0 aliphatic rings. The number of hydrogen-bond donors (Lipinski definition) is 4. The molecule has 2 heterocycles. The van der Waals surface area contributed by atoms with Crippen LogP contribution < -0.4 is 17.0 Å². The third-order valence-electron chi connectivity index (χ3n) is 3.79. The van der Waals surface area contributed by atoms with E-state index >= 15 is 0 Å². The topological polar surface area (TPSA) is 110 Å². The number of fused-ring (bicyclic) bond motifs is 1. The number of alkyl halides is 1. The van der Waals surface area contributed by atoms with E-state index in [0.29, 0.717) is 17.1 Å². The first kappa shape index (κ1) is 15.8. The number of Topliss-reactive ketones (excluding diaryl/α,β-unsaturated/α-hetero) is 1. The number of hydrogen-bond acceptors (Lipinski definition) is 5. The van der Waals surface area contributed by atoms with Crippen molar-refractivity contribution in [1.29, 1.82) is 0 Å². The van der Waals surface area contributed by atoms with Gasteiger partial charge in [0.15, 0.2) is 5.78 Å². The van der Waals surface area contributed by atoms with Gasteiger partial charge in [-0.05, 0) is 36.2 Å². The predicted octanol–water partition coefficient (Wildman–Crippen LogP) is 3.24. The molecule has 6 N–H and O–H groups in total. The molecule has 118 valence electrons. The lowest BCUT2D eigenvalue weighted by Gasteiger charge is -2.14. The van der Waals surface area contributed by atoms with Gasteiger partial charge in [0.1, 0.15) is 5.82 Å².